The molecule has 1 aromatic heterocycles. The lowest BCUT2D eigenvalue weighted by molar-refractivity contribution is -0.121. The van der Waals surface area contributed by atoms with Crippen LogP contribution in [0.2, 0.25) is 0 Å². The lowest BCUT2D eigenvalue weighted by Gasteiger charge is -2.27. The molecule has 4 rings (SSSR count). The third-order valence-corrected chi connectivity index (χ3v) is 5.16. The molecule has 28 heavy (non-hydrogen) atoms. The summed E-state index contributed by atoms with van der Waals surface area (Å²) in [5.41, 5.74) is 1.41. The van der Waals surface area contributed by atoms with E-state index in [1.54, 1.807) is 18.2 Å². The maximum absolute atomic E-state index is 14.1. The topological polar surface area (TPSA) is 61.0 Å². The number of carbonyl (C=O) groups excluding carboxylic acids is 1. The molecule has 0 bridgehead atoms. The highest BCUT2D eigenvalue weighted by molar-refractivity contribution is 6.01. The number of nitrogens with one attached hydrogen (secondary N) is 2. The van der Waals surface area contributed by atoms with Crippen molar-refractivity contribution in [3.05, 3.63) is 48.0 Å². The van der Waals surface area contributed by atoms with Crippen molar-refractivity contribution >= 4 is 35.0 Å². The van der Waals surface area contributed by atoms with Crippen LogP contribution >= 0.6 is 12.4 Å². The van der Waals surface area contributed by atoms with Gasteiger partial charge in [0.05, 0.1) is 5.52 Å². The van der Waals surface area contributed by atoms with Crippen LogP contribution in [-0.2, 0) is 4.79 Å². The predicted molar refractivity (Wildman–Crippen MR) is 108 cm³/mol. The van der Waals surface area contributed by atoms with E-state index in [0.29, 0.717) is 22.3 Å². The van der Waals surface area contributed by atoms with Crippen LogP contribution in [-0.4, -0.2) is 41.1 Å². The fourth-order valence-electron chi connectivity index (χ4n) is 3.49. The quantitative estimate of drug-likeness (QED) is 0.685. The maximum atomic E-state index is 14.1. The van der Waals surface area contributed by atoms with Crippen LogP contribution in [0.3, 0.4) is 0 Å². The van der Waals surface area contributed by atoms with E-state index in [0.717, 1.165) is 32.0 Å². The van der Waals surface area contributed by atoms with Crippen molar-refractivity contribution in [3.8, 4) is 11.1 Å². The van der Waals surface area contributed by atoms with Crippen molar-refractivity contribution in [1.82, 2.24) is 15.1 Å². The number of aromatic nitrogens is 2. The van der Waals surface area contributed by atoms with Gasteiger partial charge in [0.25, 0.3) is 0 Å². The number of benzene rings is 2. The van der Waals surface area contributed by atoms with E-state index in [1.807, 2.05) is 7.05 Å². The molecule has 0 radical (unpaired) electrons. The van der Waals surface area contributed by atoms with Gasteiger partial charge in [0, 0.05) is 16.9 Å². The van der Waals surface area contributed by atoms with Crippen molar-refractivity contribution < 1.29 is 13.6 Å². The Morgan fingerprint density at radius 2 is 1.96 bits per heavy atom. The first-order chi connectivity index (χ1) is 13.0. The zero-order valence-corrected chi connectivity index (χ0v) is 16.2. The molecule has 1 aliphatic rings. The standard InChI is InChI=1S/C20H20F2N4O.ClH/c1-26-9-7-12(8-10-26)20(27)23-19-15-11-13(5-6-17(15)24-25-19)14-3-2-4-16(21)18(14)22;/h2-6,11-12H,7-10H2,1H3,(H2,23,24,25,27);1H. The van der Waals surface area contributed by atoms with Crippen molar-refractivity contribution in [2.45, 2.75) is 12.8 Å². The van der Waals surface area contributed by atoms with E-state index in [-0.39, 0.29) is 29.8 Å². The minimum absolute atomic E-state index is 0. The summed E-state index contributed by atoms with van der Waals surface area (Å²) in [7, 11) is 2.04. The number of carbonyl (C=O) groups is 1. The molecule has 2 heterocycles. The van der Waals surface area contributed by atoms with Crippen LogP contribution in [0.25, 0.3) is 22.0 Å². The van der Waals surface area contributed by atoms with E-state index >= 15 is 0 Å². The van der Waals surface area contributed by atoms with Gasteiger partial charge in [-0.1, -0.05) is 18.2 Å². The number of fused-ring (bicyclic) bond motifs is 1. The third kappa shape index (κ3) is 3.86. The second-order valence-electron chi connectivity index (χ2n) is 7.00. The molecule has 2 N–H and O–H groups in total. The summed E-state index contributed by atoms with van der Waals surface area (Å²) in [5, 5.41) is 10.6. The lowest BCUT2D eigenvalue weighted by Crippen LogP contribution is -2.36. The summed E-state index contributed by atoms with van der Waals surface area (Å²) in [6, 6.07) is 9.23. The Morgan fingerprint density at radius 1 is 1.21 bits per heavy atom. The molecule has 1 saturated heterocycles. The second-order valence-corrected chi connectivity index (χ2v) is 7.00. The summed E-state index contributed by atoms with van der Waals surface area (Å²) in [6.07, 6.45) is 1.62. The predicted octanol–water partition coefficient (Wildman–Crippen LogP) is 4.21. The molecule has 2 aromatic carbocycles. The number of hydrogen-bond acceptors (Lipinski definition) is 3. The van der Waals surface area contributed by atoms with Gasteiger partial charge in [-0.25, -0.2) is 8.78 Å². The molecule has 148 valence electrons. The molecule has 0 unspecified atom stereocenters. The first kappa shape index (κ1) is 20.2. The number of piperidine rings is 1. The lowest BCUT2D eigenvalue weighted by atomic mass is 9.96. The van der Waals surface area contributed by atoms with E-state index in [4.69, 9.17) is 0 Å². The summed E-state index contributed by atoms with van der Waals surface area (Å²) in [4.78, 5) is 14.8. The summed E-state index contributed by atoms with van der Waals surface area (Å²) in [5.74, 6) is -1.48. The van der Waals surface area contributed by atoms with Gasteiger partial charge in [-0.05, 0) is 56.7 Å². The minimum Gasteiger partial charge on any atom is -0.308 e. The number of likely N-dealkylation sites (tertiary alicyclic amines) is 1. The number of hydrogen-bond donors (Lipinski definition) is 2. The normalized spacial score (nSPS) is 15.4. The van der Waals surface area contributed by atoms with E-state index in [1.165, 1.54) is 12.1 Å². The van der Waals surface area contributed by atoms with Crippen LogP contribution in [0.4, 0.5) is 14.6 Å². The van der Waals surface area contributed by atoms with Gasteiger partial charge in [0.15, 0.2) is 17.5 Å². The molecular weight excluding hydrogens is 386 g/mol. The highest BCUT2D eigenvalue weighted by Crippen LogP contribution is 2.30. The van der Waals surface area contributed by atoms with Crippen LogP contribution in [0, 0.1) is 17.6 Å². The molecule has 0 aliphatic carbocycles. The average Bonchev–Trinajstić information content (AvgIpc) is 3.06. The maximum Gasteiger partial charge on any atom is 0.228 e. The van der Waals surface area contributed by atoms with Crippen LogP contribution in [0.1, 0.15) is 12.8 Å². The Kier molecular flexibility index (Phi) is 5.96. The Labute approximate surface area is 167 Å². The number of aromatic amines is 1. The van der Waals surface area contributed by atoms with E-state index in [2.05, 4.69) is 20.4 Å². The Bertz CT molecular complexity index is 999. The SMILES string of the molecule is CN1CCC(C(=O)Nc2n[nH]c3ccc(-c4cccc(F)c4F)cc23)CC1.Cl. The molecule has 1 amide bonds. The summed E-state index contributed by atoms with van der Waals surface area (Å²) < 4.78 is 27.7. The van der Waals surface area contributed by atoms with Gasteiger partial charge < -0.3 is 10.2 Å². The number of amides is 1. The van der Waals surface area contributed by atoms with Crippen molar-refractivity contribution in [2.75, 3.05) is 25.5 Å². The molecule has 1 fully saturated rings. The van der Waals surface area contributed by atoms with E-state index < -0.39 is 11.6 Å². The molecule has 0 atom stereocenters. The van der Waals surface area contributed by atoms with Crippen molar-refractivity contribution in [1.29, 1.82) is 0 Å². The Hall–Kier alpha value is -2.51. The molecule has 0 saturated carbocycles. The molecule has 1 aliphatic heterocycles. The summed E-state index contributed by atoms with van der Waals surface area (Å²) in [6.45, 7) is 1.78. The minimum atomic E-state index is -0.893. The van der Waals surface area contributed by atoms with Gasteiger partial charge in [0.2, 0.25) is 5.91 Å². The smallest absolute Gasteiger partial charge is 0.228 e. The van der Waals surface area contributed by atoms with Crippen LogP contribution < -0.4 is 5.32 Å². The molecule has 0 spiro atoms. The highest BCUT2D eigenvalue weighted by atomic mass is 35.5. The van der Waals surface area contributed by atoms with E-state index in [9.17, 15) is 13.6 Å². The van der Waals surface area contributed by atoms with Crippen molar-refractivity contribution in [2.24, 2.45) is 5.92 Å². The van der Waals surface area contributed by atoms with Crippen LogP contribution in [0.15, 0.2) is 36.4 Å². The first-order valence-corrected chi connectivity index (χ1v) is 8.95. The zero-order chi connectivity index (χ0) is 19.0. The fraction of sp³-hybridized carbons (Fsp3) is 0.300. The highest BCUT2D eigenvalue weighted by Gasteiger charge is 2.24. The second kappa shape index (κ2) is 8.24. The Morgan fingerprint density at radius 3 is 2.71 bits per heavy atom. The average molecular weight is 407 g/mol. The van der Waals surface area contributed by atoms with Gasteiger partial charge in [-0.3, -0.25) is 9.89 Å². The van der Waals surface area contributed by atoms with Gasteiger partial charge in [-0.15, -0.1) is 12.4 Å². The monoisotopic (exact) mass is 406 g/mol. The number of nitrogens with zero attached hydrogens (tertiary/aromatic N) is 2. The zero-order valence-electron chi connectivity index (χ0n) is 15.3. The largest absolute Gasteiger partial charge is 0.308 e. The molecule has 8 heteroatoms. The number of H-pyrrole nitrogens is 1. The summed E-state index contributed by atoms with van der Waals surface area (Å²) >= 11 is 0. The van der Waals surface area contributed by atoms with Crippen molar-refractivity contribution in [3.63, 3.8) is 0 Å². The van der Waals surface area contributed by atoms with Gasteiger partial charge >= 0.3 is 0 Å². The number of halogens is 3. The molecule has 5 nitrogen and oxygen atoms in total. The third-order valence-electron chi connectivity index (χ3n) is 5.16. The molecule has 3 aromatic rings. The number of rotatable bonds is 3. The molecular formula is C20H21ClF2N4O. The fourth-order valence-corrected chi connectivity index (χ4v) is 3.49. The van der Waals surface area contributed by atoms with Gasteiger partial charge in [0.1, 0.15) is 0 Å². The van der Waals surface area contributed by atoms with Gasteiger partial charge in [-0.2, -0.15) is 5.10 Å². The Balaban J connectivity index is 0.00000225. The number of anilines is 1. The van der Waals surface area contributed by atoms with Crippen LogP contribution in [0.5, 0.6) is 0 Å². The first-order valence-electron chi connectivity index (χ1n) is 8.95.